The van der Waals surface area contributed by atoms with E-state index in [0.29, 0.717) is 6.42 Å². The maximum Gasteiger partial charge on any atom is 0.303 e. The monoisotopic (exact) mass is 300 g/mol. The molecular formula is C12H13BrO4. The summed E-state index contributed by atoms with van der Waals surface area (Å²) in [6.07, 6.45) is 1.54. The van der Waals surface area contributed by atoms with E-state index < -0.39 is 5.97 Å². The highest BCUT2D eigenvalue weighted by Gasteiger charge is 2.21. The lowest BCUT2D eigenvalue weighted by atomic mass is 10.0. The number of aliphatic carboxylic acids is 1. The molecule has 1 N–H and O–H groups in total. The van der Waals surface area contributed by atoms with Crippen LogP contribution in [0.25, 0.3) is 0 Å². The van der Waals surface area contributed by atoms with E-state index in [4.69, 9.17) is 14.6 Å². The van der Waals surface area contributed by atoms with E-state index in [1.165, 1.54) is 0 Å². The average Bonchev–Trinajstić information content (AvgIpc) is 2.74. The molecule has 0 bridgehead atoms. The Morgan fingerprint density at radius 3 is 2.88 bits per heavy atom. The number of carboxylic acid groups (broad SMARTS) is 1. The fraction of sp³-hybridized carbons (Fsp3) is 0.417. The number of halogens is 1. The predicted molar refractivity (Wildman–Crippen MR) is 65.6 cm³/mol. The van der Waals surface area contributed by atoms with Gasteiger partial charge in [-0.3, -0.25) is 4.79 Å². The Morgan fingerprint density at radius 1 is 1.47 bits per heavy atom. The summed E-state index contributed by atoms with van der Waals surface area (Å²) in [5, 5.41) is 8.62. The third-order valence-electron chi connectivity index (χ3n) is 2.79. The number of hydrogen-bond acceptors (Lipinski definition) is 3. The van der Waals surface area contributed by atoms with Gasteiger partial charge in [0, 0.05) is 6.42 Å². The van der Waals surface area contributed by atoms with Crippen molar-refractivity contribution in [2.75, 3.05) is 6.79 Å². The molecule has 1 aromatic rings. The first kappa shape index (κ1) is 12.2. The Morgan fingerprint density at radius 2 is 2.18 bits per heavy atom. The van der Waals surface area contributed by atoms with Gasteiger partial charge in [0.25, 0.3) is 0 Å². The topological polar surface area (TPSA) is 55.8 Å². The van der Waals surface area contributed by atoms with Gasteiger partial charge in [-0.15, -0.1) is 0 Å². The third kappa shape index (κ3) is 2.54. The molecule has 1 aliphatic rings. The molecule has 0 fully saturated rings. The van der Waals surface area contributed by atoms with E-state index in [2.05, 4.69) is 15.9 Å². The minimum atomic E-state index is -0.762. The fourth-order valence-electron chi connectivity index (χ4n) is 1.90. The lowest BCUT2D eigenvalue weighted by molar-refractivity contribution is -0.137. The number of benzene rings is 1. The minimum absolute atomic E-state index is 0.186. The first-order chi connectivity index (χ1) is 8.09. The normalized spacial score (nSPS) is 12.8. The van der Waals surface area contributed by atoms with E-state index in [1.54, 1.807) is 0 Å². The van der Waals surface area contributed by atoms with Crippen LogP contribution in [-0.4, -0.2) is 17.9 Å². The van der Waals surface area contributed by atoms with Gasteiger partial charge in [-0.25, -0.2) is 0 Å². The Kier molecular flexibility index (Phi) is 3.57. The number of rotatable bonds is 4. The summed E-state index contributed by atoms with van der Waals surface area (Å²) < 4.78 is 11.6. The second-order valence-electron chi connectivity index (χ2n) is 3.95. The predicted octanol–water partition coefficient (Wildman–Crippen LogP) is 2.89. The molecular weight excluding hydrogens is 288 g/mol. The van der Waals surface area contributed by atoms with Crippen molar-refractivity contribution in [2.45, 2.75) is 26.2 Å². The van der Waals surface area contributed by atoms with Gasteiger partial charge < -0.3 is 14.6 Å². The van der Waals surface area contributed by atoms with Crippen LogP contribution in [0.15, 0.2) is 10.5 Å². The van der Waals surface area contributed by atoms with Crippen LogP contribution in [0.5, 0.6) is 11.5 Å². The molecule has 4 nitrogen and oxygen atoms in total. The van der Waals surface area contributed by atoms with Gasteiger partial charge >= 0.3 is 5.97 Å². The van der Waals surface area contributed by atoms with Gasteiger partial charge in [0.15, 0.2) is 11.5 Å². The summed E-state index contributed by atoms with van der Waals surface area (Å²) in [6, 6.07) is 1.98. The summed E-state index contributed by atoms with van der Waals surface area (Å²) in [4.78, 5) is 10.5. The van der Waals surface area contributed by atoms with Crippen LogP contribution in [0.2, 0.25) is 0 Å². The average molecular weight is 301 g/mol. The fourth-order valence-corrected chi connectivity index (χ4v) is 2.47. The number of ether oxygens (including phenoxy) is 2. The van der Waals surface area contributed by atoms with Crippen molar-refractivity contribution in [1.82, 2.24) is 0 Å². The molecule has 0 aliphatic carbocycles. The highest BCUT2D eigenvalue weighted by molar-refractivity contribution is 9.10. The molecule has 1 heterocycles. The minimum Gasteiger partial charge on any atom is -0.481 e. The molecule has 0 aromatic heterocycles. The zero-order valence-electron chi connectivity index (χ0n) is 9.46. The SMILES string of the molecule is Cc1c(CCCC(=O)O)cc(Br)c2c1OCO2. The Hall–Kier alpha value is -1.23. The largest absolute Gasteiger partial charge is 0.481 e. The van der Waals surface area contributed by atoms with E-state index in [-0.39, 0.29) is 13.2 Å². The quantitative estimate of drug-likeness (QED) is 0.929. The number of hydrogen-bond donors (Lipinski definition) is 1. The van der Waals surface area contributed by atoms with Crippen molar-refractivity contribution in [3.63, 3.8) is 0 Å². The van der Waals surface area contributed by atoms with Gasteiger partial charge in [-0.1, -0.05) is 0 Å². The first-order valence-electron chi connectivity index (χ1n) is 5.39. The van der Waals surface area contributed by atoms with Crippen LogP contribution in [-0.2, 0) is 11.2 Å². The standard InChI is InChI=1S/C12H13BrO4/c1-7-8(3-2-4-10(14)15)5-9(13)12-11(7)16-6-17-12/h5H,2-4,6H2,1H3,(H,14,15). The molecule has 0 amide bonds. The van der Waals surface area contributed by atoms with Gasteiger partial charge in [0.05, 0.1) is 4.47 Å². The summed E-state index contributed by atoms with van der Waals surface area (Å²) in [5.74, 6) is 0.747. The van der Waals surface area contributed by atoms with Gasteiger partial charge in [-0.05, 0) is 52.9 Å². The second kappa shape index (κ2) is 4.96. The zero-order valence-corrected chi connectivity index (χ0v) is 11.0. The number of aryl methyl sites for hydroxylation is 1. The Bertz CT molecular complexity index is 456. The number of carboxylic acids is 1. The zero-order chi connectivity index (χ0) is 12.4. The molecule has 0 saturated carbocycles. The lowest BCUT2D eigenvalue weighted by Gasteiger charge is -2.09. The maximum absolute atomic E-state index is 10.5. The molecule has 1 aromatic carbocycles. The summed E-state index contributed by atoms with van der Waals surface area (Å²) >= 11 is 3.43. The van der Waals surface area contributed by atoms with Crippen molar-refractivity contribution < 1.29 is 19.4 Å². The van der Waals surface area contributed by atoms with Crippen molar-refractivity contribution in [3.05, 3.63) is 21.7 Å². The van der Waals surface area contributed by atoms with Crippen LogP contribution >= 0.6 is 15.9 Å². The summed E-state index contributed by atoms with van der Waals surface area (Å²) in [6.45, 7) is 2.21. The van der Waals surface area contributed by atoms with E-state index in [9.17, 15) is 4.79 Å². The molecule has 0 unspecified atom stereocenters. The lowest BCUT2D eigenvalue weighted by Crippen LogP contribution is -1.98. The van der Waals surface area contributed by atoms with Crippen LogP contribution in [0.1, 0.15) is 24.0 Å². The van der Waals surface area contributed by atoms with E-state index >= 15 is 0 Å². The molecule has 5 heteroatoms. The molecule has 0 radical (unpaired) electrons. The molecule has 0 atom stereocenters. The van der Waals surface area contributed by atoms with E-state index in [1.807, 2.05) is 13.0 Å². The molecule has 0 spiro atoms. The van der Waals surface area contributed by atoms with Crippen molar-refractivity contribution in [2.24, 2.45) is 0 Å². The van der Waals surface area contributed by atoms with Gasteiger partial charge in [0.2, 0.25) is 6.79 Å². The Balaban J connectivity index is 2.18. The van der Waals surface area contributed by atoms with Crippen LogP contribution in [0.4, 0.5) is 0 Å². The third-order valence-corrected chi connectivity index (χ3v) is 3.38. The van der Waals surface area contributed by atoms with Gasteiger partial charge in [0.1, 0.15) is 0 Å². The molecule has 17 heavy (non-hydrogen) atoms. The van der Waals surface area contributed by atoms with Crippen molar-refractivity contribution in [3.8, 4) is 11.5 Å². The Labute approximate surface area is 108 Å². The highest BCUT2D eigenvalue weighted by Crippen LogP contribution is 2.43. The van der Waals surface area contributed by atoms with Crippen molar-refractivity contribution in [1.29, 1.82) is 0 Å². The van der Waals surface area contributed by atoms with Crippen molar-refractivity contribution >= 4 is 21.9 Å². The van der Waals surface area contributed by atoms with Crippen LogP contribution in [0, 0.1) is 6.92 Å². The summed E-state index contributed by atoms with van der Waals surface area (Å²) in [7, 11) is 0. The molecule has 0 saturated heterocycles. The summed E-state index contributed by atoms with van der Waals surface area (Å²) in [5.41, 5.74) is 2.13. The molecule has 2 rings (SSSR count). The maximum atomic E-state index is 10.5. The number of carbonyl (C=O) groups is 1. The van der Waals surface area contributed by atoms with Crippen LogP contribution < -0.4 is 9.47 Å². The van der Waals surface area contributed by atoms with E-state index in [0.717, 1.165) is 33.5 Å². The van der Waals surface area contributed by atoms with Crippen LogP contribution in [0.3, 0.4) is 0 Å². The smallest absolute Gasteiger partial charge is 0.303 e. The number of fused-ring (bicyclic) bond motifs is 1. The van der Waals surface area contributed by atoms with Gasteiger partial charge in [-0.2, -0.15) is 0 Å². The highest BCUT2D eigenvalue weighted by atomic mass is 79.9. The molecule has 1 aliphatic heterocycles. The second-order valence-corrected chi connectivity index (χ2v) is 4.81. The molecule has 92 valence electrons. The first-order valence-corrected chi connectivity index (χ1v) is 6.18.